The van der Waals surface area contributed by atoms with Gasteiger partial charge in [-0.05, 0) is 43.4 Å². The second-order valence-corrected chi connectivity index (χ2v) is 7.64. The van der Waals surface area contributed by atoms with Gasteiger partial charge in [0.05, 0.1) is 6.54 Å². The van der Waals surface area contributed by atoms with Crippen LogP contribution in [0.4, 0.5) is 0 Å². The van der Waals surface area contributed by atoms with E-state index < -0.39 is 10.0 Å². The summed E-state index contributed by atoms with van der Waals surface area (Å²) in [6.45, 7) is 4.73. The molecule has 1 aliphatic carbocycles. The Bertz CT molecular complexity index is 555. The highest BCUT2D eigenvalue weighted by molar-refractivity contribution is 7.89. The molecule has 1 aromatic heterocycles. The van der Waals surface area contributed by atoms with Gasteiger partial charge in [0, 0.05) is 13.1 Å². The van der Waals surface area contributed by atoms with Crippen molar-refractivity contribution in [1.29, 1.82) is 0 Å². The number of nitrogens with zero attached hydrogens (tertiary/aromatic N) is 1. The molecule has 2 atom stereocenters. The van der Waals surface area contributed by atoms with E-state index in [1.165, 1.54) is 19.3 Å². The van der Waals surface area contributed by atoms with Crippen molar-refractivity contribution in [3.63, 3.8) is 0 Å². The first kappa shape index (κ1) is 14.1. The van der Waals surface area contributed by atoms with Crippen molar-refractivity contribution in [3.8, 4) is 0 Å². The van der Waals surface area contributed by atoms with E-state index in [2.05, 4.69) is 5.32 Å². The summed E-state index contributed by atoms with van der Waals surface area (Å²) >= 11 is 0. The molecule has 1 aromatic rings. The molecule has 0 amide bonds. The Labute approximate surface area is 120 Å². The van der Waals surface area contributed by atoms with Gasteiger partial charge in [0.2, 0.25) is 5.09 Å². The Balaban J connectivity index is 1.73. The summed E-state index contributed by atoms with van der Waals surface area (Å²) in [6.07, 6.45) is 3.58. The van der Waals surface area contributed by atoms with Crippen molar-refractivity contribution >= 4 is 10.0 Å². The number of rotatable bonds is 5. The molecule has 2 fully saturated rings. The topological polar surface area (TPSA) is 62.6 Å². The average molecular weight is 298 g/mol. The summed E-state index contributed by atoms with van der Waals surface area (Å²) in [5.41, 5.74) is 0. The van der Waals surface area contributed by atoms with Crippen molar-refractivity contribution in [2.75, 3.05) is 19.6 Å². The van der Waals surface area contributed by atoms with Crippen LogP contribution in [0.15, 0.2) is 21.6 Å². The third-order valence-corrected chi connectivity index (χ3v) is 6.18. The van der Waals surface area contributed by atoms with Gasteiger partial charge in [0.1, 0.15) is 5.76 Å². The Hall–Kier alpha value is -0.850. The van der Waals surface area contributed by atoms with E-state index in [1.807, 2.05) is 6.92 Å². The third-order valence-electron chi connectivity index (χ3n) is 4.47. The molecule has 0 aromatic carbocycles. The van der Waals surface area contributed by atoms with Crippen molar-refractivity contribution in [2.45, 2.75) is 37.8 Å². The van der Waals surface area contributed by atoms with Crippen molar-refractivity contribution in [3.05, 3.63) is 17.9 Å². The Morgan fingerprint density at radius 2 is 2.00 bits per heavy atom. The summed E-state index contributed by atoms with van der Waals surface area (Å²) in [6, 6.07) is 3.32. The SMILES string of the molecule is CCNCc1ccc(S(=O)(=O)N2CC3CCCC3C2)o1. The zero-order valence-corrected chi connectivity index (χ0v) is 12.7. The van der Waals surface area contributed by atoms with Gasteiger partial charge in [-0.15, -0.1) is 0 Å². The van der Waals surface area contributed by atoms with Gasteiger partial charge in [-0.25, -0.2) is 8.42 Å². The van der Waals surface area contributed by atoms with Gasteiger partial charge >= 0.3 is 0 Å². The molecule has 5 nitrogen and oxygen atoms in total. The molecule has 3 rings (SSSR count). The Morgan fingerprint density at radius 3 is 2.65 bits per heavy atom. The van der Waals surface area contributed by atoms with Crippen LogP contribution < -0.4 is 5.32 Å². The van der Waals surface area contributed by atoms with Gasteiger partial charge in [0.15, 0.2) is 0 Å². The average Bonchev–Trinajstić information content (AvgIpc) is 3.10. The molecule has 2 aliphatic rings. The van der Waals surface area contributed by atoms with E-state index in [1.54, 1.807) is 16.4 Å². The fraction of sp³-hybridized carbons (Fsp3) is 0.714. The minimum absolute atomic E-state index is 0.0883. The molecule has 1 saturated carbocycles. The summed E-state index contributed by atoms with van der Waals surface area (Å²) in [7, 11) is -3.45. The van der Waals surface area contributed by atoms with Gasteiger partial charge in [-0.3, -0.25) is 0 Å². The quantitative estimate of drug-likeness (QED) is 0.900. The monoisotopic (exact) mass is 298 g/mol. The van der Waals surface area contributed by atoms with Gasteiger partial charge < -0.3 is 9.73 Å². The van der Waals surface area contributed by atoms with Crippen LogP contribution in [0.3, 0.4) is 0 Å². The van der Waals surface area contributed by atoms with E-state index in [9.17, 15) is 8.42 Å². The molecule has 1 saturated heterocycles. The maximum absolute atomic E-state index is 12.6. The van der Waals surface area contributed by atoms with Crippen LogP contribution in [0.1, 0.15) is 31.9 Å². The molecule has 1 aliphatic heterocycles. The lowest BCUT2D eigenvalue weighted by Gasteiger charge is -2.15. The summed E-state index contributed by atoms with van der Waals surface area (Å²) in [4.78, 5) is 0. The predicted molar refractivity (Wildman–Crippen MR) is 75.7 cm³/mol. The molecule has 2 heterocycles. The smallest absolute Gasteiger partial charge is 0.276 e. The van der Waals surface area contributed by atoms with Gasteiger partial charge in [-0.2, -0.15) is 4.31 Å². The van der Waals surface area contributed by atoms with Crippen molar-refractivity contribution in [1.82, 2.24) is 9.62 Å². The van der Waals surface area contributed by atoms with E-state index in [-0.39, 0.29) is 5.09 Å². The van der Waals surface area contributed by atoms with E-state index in [4.69, 9.17) is 4.42 Å². The van der Waals surface area contributed by atoms with E-state index in [0.29, 0.717) is 37.2 Å². The zero-order valence-electron chi connectivity index (χ0n) is 11.8. The fourth-order valence-electron chi connectivity index (χ4n) is 3.36. The van der Waals surface area contributed by atoms with Crippen LogP contribution in [0.25, 0.3) is 0 Å². The highest BCUT2D eigenvalue weighted by Gasteiger charge is 2.42. The fourth-order valence-corrected chi connectivity index (χ4v) is 4.84. The minimum atomic E-state index is -3.45. The van der Waals surface area contributed by atoms with Crippen LogP contribution in [0, 0.1) is 11.8 Å². The molecule has 6 heteroatoms. The lowest BCUT2D eigenvalue weighted by molar-refractivity contribution is 0.376. The third kappa shape index (κ3) is 2.52. The largest absolute Gasteiger partial charge is 0.447 e. The number of fused-ring (bicyclic) bond motifs is 1. The predicted octanol–water partition coefficient (Wildman–Crippen LogP) is 1.81. The maximum atomic E-state index is 12.6. The summed E-state index contributed by atoms with van der Waals surface area (Å²) < 4.78 is 32.2. The minimum Gasteiger partial charge on any atom is -0.447 e. The molecule has 0 bridgehead atoms. The van der Waals surface area contributed by atoms with Crippen molar-refractivity contribution in [2.24, 2.45) is 11.8 Å². The molecule has 1 N–H and O–H groups in total. The standard InChI is InChI=1S/C14H22N2O3S/c1-2-15-8-13-6-7-14(19-13)20(17,18)16-9-11-4-3-5-12(11)10-16/h6-7,11-12,15H,2-5,8-10H2,1H3. The van der Waals surface area contributed by atoms with Crippen LogP contribution in [-0.2, 0) is 16.6 Å². The van der Waals surface area contributed by atoms with Crippen LogP contribution in [0.5, 0.6) is 0 Å². The van der Waals surface area contributed by atoms with Crippen molar-refractivity contribution < 1.29 is 12.8 Å². The normalized spacial score (nSPS) is 27.1. The first-order valence-electron chi connectivity index (χ1n) is 7.41. The zero-order chi connectivity index (χ0) is 14.2. The first-order chi connectivity index (χ1) is 9.61. The summed E-state index contributed by atoms with van der Waals surface area (Å²) in [5.74, 6) is 1.78. The molecule has 112 valence electrons. The van der Waals surface area contributed by atoms with Crippen LogP contribution in [-0.4, -0.2) is 32.4 Å². The number of sulfonamides is 1. The molecule has 20 heavy (non-hydrogen) atoms. The van der Waals surface area contributed by atoms with E-state index in [0.717, 1.165) is 6.54 Å². The van der Waals surface area contributed by atoms with E-state index >= 15 is 0 Å². The van der Waals surface area contributed by atoms with Crippen LogP contribution >= 0.6 is 0 Å². The first-order valence-corrected chi connectivity index (χ1v) is 8.85. The molecular weight excluding hydrogens is 276 g/mol. The molecule has 0 spiro atoms. The second-order valence-electron chi connectivity index (χ2n) is 5.77. The lowest BCUT2D eigenvalue weighted by Crippen LogP contribution is -2.29. The molecule has 2 unspecified atom stereocenters. The highest BCUT2D eigenvalue weighted by atomic mass is 32.2. The number of nitrogens with one attached hydrogen (secondary N) is 1. The highest BCUT2D eigenvalue weighted by Crippen LogP contribution is 2.39. The number of hydrogen-bond donors (Lipinski definition) is 1. The second kappa shape index (κ2) is 5.50. The van der Waals surface area contributed by atoms with Gasteiger partial charge in [0.25, 0.3) is 10.0 Å². The number of furan rings is 1. The lowest BCUT2D eigenvalue weighted by atomic mass is 10.0. The van der Waals surface area contributed by atoms with Gasteiger partial charge in [-0.1, -0.05) is 13.3 Å². The maximum Gasteiger partial charge on any atom is 0.276 e. The summed E-state index contributed by atoms with van der Waals surface area (Å²) in [5, 5.41) is 3.22. The Morgan fingerprint density at radius 1 is 1.30 bits per heavy atom. The Kier molecular flexibility index (Phi) is 3.88. The number of hydrogen-bond acceptors (Lipinski definition) is 4. The molecule has 0 radical (unpaired) electrons. The van der Waals surface area contributed by atoms with Crippen LogP contribution in [0.2, 0.25) is 0 Å². The molecular formula is C14H22N2O3S.